The van der Waals surface area contributed by atoms with Crippen molar-refractivity contribution in [3.05, 3.63) is 58.3 Å². The van der Waals surface area contributed by atoms with Crippen LogP contribution < -0.4 is 5.32 Å². The number of hydrogen-bond acceptors (Lipinski definition) is 4. The van der Waals surface area contributed by atoms with E-state index in [-0.39, 0.29) is 0 Å². The van der Waals surface area contributed by atoms with Crippen LogP contribution in [0.2, 0.25) is 0 Å². The zero-order chi connectivity index (χ0) is 23.5. The second-order valence-corrected chi connectivity index (χ2v) is 10.7. The number of aryl methyl sites for hydroxylation is 3. The Balaban J connectivity index is 1.03. The number of pyridine rings is 1. The molecular formula is C29H39N3O2. The van der Waals surface area contributed by atoms with Crippen molar-refractivity contribution in [1.82, 2.24) is 9.88 Å². The summed E-state index contributed by atoms with van der Waals surface area (Å²) < 4.78 is 0. The number of carboxylic acid groups (broad SMARTS) is 1. The highest BCUT2D eigenvalue weighted by molar-refractivity contribution is 5.76. The number of hydrogen-bond donors (Lipinski definition) is 2. The van der Waals surface area contributed by atoms with Crippen molar-refractivity contribution in [3.8, 4) is 0 Å². The zero-order valence-corrected chi connectivity index (χ0v) is 20.6. The molecule has 1 unspecified atom stereocenters. The Morgan fingerprint density at radius 1 is 1.15 bits per heavy atom. The van der Waals surface area contributed by atoms with Gasteiger partial charge in [-0.3, -0.25) is 9.69 Å². The summed E-state index contributed by atoms with van der Waals surface area (Å²) in [6.45, 7) is 5.01. The van der Waals surface area contributed by atoms with Crippen LogP contribution in [-0.2, 0) is 17.6 Å². The largest absolute Gasteiger partial charge is 0.480 e. The number of unbranched alkanes of at least 4 members (excludes halogenated alkanes) is 3. The maximum atomic E-state index is 12.2. The van der Waals surface area contributed by atoms with Crippen LogP contribution in [-0.4, -0.2) is 40.6 Å². The minimum atomic E-state index is -0.697. The molecule has 5 heteroatoms. The first kappa shape index (κ1) is 23.3. The molecule has 1 atom stereocenters. The van der Waals surface area contributed by atoms with Crippen LogP contribution in [0, 0.1) is 12.8 Å². The van der Waals surface area contributed by atoms with Gasteiger partial charge in [-0.1, -0.05) is 43.5 Å². The van der Waals surface area contributed by atoms with Gasteiger partial charge in [0.25, 0.3) is 0 Å². The summed E-state index contributed by atoms with van der Waals surface area (Å²) in [7, 11) is 0. The van der Waals surface area contributed by atoms with Crippen molar-refractivity contribution < 1.29 is 9.90 Å². The molecular weight excluding hydrogens is 422 g/mol. The number of aromatic nitrogens is 1. The van der Waals surface area contributed by atoms with Crippen molar-refractivity contribution in [2.45, 2.75) is 83.1 Å². The molecule has 2 aliphatic heterocycles. The minimum Gasteiger partial charge on any atom is -0.480 e. The van der Waals surface area contributed by atoms with Gasteiger partial charge in [-0.25, -0.2) is 4.98 Å². The smallest absolute Gasteiger partial charge is 0.325 e. The van der Waals surface area contributed by atoms with Crippen LogP contribution >= 0.6 is 0 Å². The summed E-state index contributed by atoms with van der Waals surface area (Å²) in [6, 6.07) is 10.2. The molecule has 1 aromatic heterocycles. The topological polar surface area (TPSA) is 65.5 Å². The maximum absolute atomic E-state index is 12.2. The third-order valence-corrected chi connectivity index (χ3v) is 7.97. The summed E-state index contributed by atoms with van der Waals surface area (Å²) >= 11 is 0. The number of likely N-dealkylation sites (tertiary alicyclic amines) is 1. The van der Waals surface area contributed by atoms with Crippen LogP contribution in [0.1, 0.15) is 91.3 Å². The number of carbonyl (C=O) groups is 1. The molecule has 5 rings (SSSR count). The standard InChI is InChI=1S/C29H39N3O2/c1-20-8-6-12-25(26(20)22-13-14-22)27(29(33)34)32-18-21(19-32)9-4-2-3-5-11-24-16-15-23-10-7-17-30-28(23)31-24/h6,8,12,15-16,21-22,27H,2-5,7,9-11,13-14,17-19H2,1H3,(H,30,31)(H,33,34). The van der Waals surface area contributed by atoms with Crippen molar-refractivity contribution in [1.29, 1.82) is 0 Å². The van der Waals surface area contributed by atoms with E-state index < -0.39 is 12.0 Å². The average molecular weight is 462 g/mol. The lowest BCUT2D eigenvalue weighted by Gasteiger charge is -2.43. The number of rotatable bonds is 11. The molecule has 2 aromatic rings. The molecule has 2 N–H and O–H groups in total. The van der Waals surface area contributed by atoms with E-state index >= 15 is 0 Å². The Kier molecular flexibility index (Phi) is 7.19. The summed E-state index contributed by atoms with van der Waals surface area (Å²) in [5.74, 6) is 1.62. The molecule has 0 bridgehead atoms. The van der Waals surface area contributed by atoms with Crippen molar-refractivity contribution >= 4 is 11.8 Å². The zero-order valence-electron chi connectivity index (χ0n) is 20.6. The minimum absolute atomic E-state index is 0.481. The molecule has 0 amide bonds. The SMILES string of the molecule is Cc1cccc(C(C(=O)O)N2CC(CCCCCCc3ccc4c(n3)NCCC4)C2)c1C1CC1. The predicted molar refractivity (Wildman–Crippen MR) is 136 cm³/mol. The number of fused-ring (bicyclic) bond motifs is 1. The molecule has 0 spiro atoms. The first-order valence-electron chi connectivity index (χ1n) is 13.4. The van der Waals surface area contributed by atoms with Crippen LogP contribution in [0.15, 0.2) is 30.3 Å². The van der Waals surface area contributed by atoms with Gasteiger partial charge in [-0.15, -0.1) is 0 Å². The first-order chi connectivity index (χ1) is 16.6. The molecule has 3 aliphatic rings. The van der Waals surface area contributed by atoms with Gasteiger partial charge in [0, 0.05) is 25.3 Å². The Morgan fingerprint density at radius 3 is 2.76 bits per heavy atom. The maximum Gasteiger partial charge on any atom is 0.325 e. The van der Waals surface area contributed by atoms with Gasteiger partial charge in [-0.2, -0.15) is 0 Å². The van der Waals surface area contributed by atoms with Gasteiger partial charge in [0.05, 0.1) is 0 Å². The molecule has 5 nitrogen and oxygen atoms in total. The van der Waals surface area contributed by atoms with Crippen molar-refractivity contribution in [2.75, 3.05) is 25.0 Å². The molecule has 2 fully saturated rings. The van der Waals surface area contributed by atoms with Gasteiger partial charge >= 0.3 is 5.97 Å². The van der Waals surface area contributed by atoms with Crippen LogP contribution in [0.4, 0.5) is 5.82 Å². The summed E-state index contributed by atoms with van der Waals surface area (Å²) in [4.78, 5) is 19.2. The van der Waals surface area contributed by atoms with E-state index in [1.54, 1.807) is 0 Å². The predicted octanol–water partition coefficient (Wildman–Crippen LogP) is 5.88. The Labute approximate surface area is 204 Å². The van der Waals surface area contributed by atoms with E-state index in [0.29, 0.717) is 11.8 Å². The van der Waals surface area contributed by atoms with Gasteiger partial charge in [-0.05, 0) is 92.0 Å². The fourth-order valence-corrected chi connectivity index (χ4v) is 5.96. The normalized spacial score (nSPS) is 19.2. The molecule has 34 heavy (non-hydrogen) atoms. The number of carboxylic acids is 1. The third kappa shape index (κ3) is 5.30. The monoisotopic (exact) mass is 461 g/mol. The highest BCUT2D eigenvalue weighted by Gasteiger charge is 2.40. The molecule has 1 aromatic carbocycles. The summed E-state index contributed by atoms with van der Waals surface area (Å²) in [5.41, 5.74) is 6.18. The van der Waals surface area contributed by atoms with E-state index in [9.17, 15) is 9.90 Å². The number of benzene rings is 1. The lowest BCUT2D eigenvalue weighted by atomic mass is 9.87. The van der Waals surface area contributed by atoms with Gasteiger partial charge in [0.15, 0.2) is 0 Å². The molecule has 3 heterocycles. The van der Waals surface area contributed by atoms with E-state index in [4.69, 9.17) is 4.98 Å². The third-order valence-electron chi connectivity index (χ3n) is 7.97. The summed E-state index contributed by atoms with van der Waals surface area (Å²) in [6.07, 6.45) is 12.0. The van der Waals surface area contributed by atoms with Crippen molar-refractivity contribution in [2.24, 2.45) is 5.92 Å². The molecule has 1 aliphatic carbocycles. The first-order valence-corrected chi connectivity index (χ1v) is 13.4. The van der Waals surface area contributed by atoms with E-state index in [1.165, 1.54) is 73.8 Å². The van der Waals surface area contributed by atoms with E-state index in [2.05, 4.69) is 41.4 Å². The Bertz CT molecular complexity index is 1010. The van der Waals surface area contributed by atoms with Crippen molar-refractivity contribution in [3.63, 3.8) is 0 Å². The van der Waals surface area contributed by atoms with Crippen LogP contribution in [0.5, 0.6) is 0 Å². The van der Waals surface area contributed by atoms with Crippen LogP contribution in [0.3, 0.4) is 0 Å². The Morgan fingerprint density at radius 2 is 1.97 bits per heavy atom. The fourth-order valence-electron chi connectivity index (χ4n) is 5.96. The lowest BCUT2D eigenvalue weighted by Crippen LogP contribution is -2.50. The number of nitrogens with one attached hydrogen (secondary N) is 1. The molecule has 182 valence electrons. The second kappa shape index (κ2) is 10.5. The van der Waals surface area contributed by atoms with Gasteiger partial charge in [0.2, 0.25) is 0 Å². The molecule has 1 saturated heterocycles. The average Bonchev–Trinajstić information content (AvgIpc) is 3.64. The quantitative estimate of drug-likeness (QED) is 0.409. The molecule has 1 saturated carbocycles. The van der Waals surface area contributed by atoms with Crippen LogP contribution in [0.25, 0.3) is 0 Å². The van der Waals surface area contributed by atoms with E-state index in [0.717, 1.165) is 43.9 Å². The summed E-state index contributed by atoms with van der Waals surface area (Å²) in [5, 5.41) is 13.5. The number of nitrogens with zero attached hydrogens (tertiary/aromatic N) is 2. The number of aliphatic carboxylic acids is 1. The molecule has 0 radical (unpaired) electrons. The van der Waals surface area contributed by atoms with E-state index in [1.807, 2.05) is 6.07 Å². The lowest BCUT2D eigenvalue weighted by molar-refractivity contribution is -0.146. The fraction of sp³-hybridized carbons (Fsp3) is 0.586. The number of anilines is 1. The highest BCUT2D eigenvalue weighted by Crippen LogP contribution is 2.46. The van der Waals surface area contributed by atoms with Gasteiger partial charge < -0.3 is 10.4 Å². The highest BCUT2D eigenvalue weighted by atomic mass is 16.4. The van der Waals surface area contributed by atoms with Gasteiger partial charge in [0.1, 0.15) is 11.9 Å². The second-order valence-electron chi connectivity index (χ2n) is 10.7. The Hall–Kier alpha value is -2.40.